The van der Waals surface area contributed by atoms with Crippen LogP contribution in [0, 0.1) is 17.8 Å². The van der Waals surface area contributed by atoms with Gasteiger partial charge in [0, 0.05) is 24.2 Å². The fraction of sp³-hybridized carbons (Fsp3) is 0.265. The van der Waals surface area contributed by atoms with Crippen LogP contribution in [0.25, 0.3) is 22.7 Å². The number of allylic oxidation sites excluding steroid dienone is 7. The summed E-state index contributed by atoms with van der Waals surface area (Å²) in [5.41, 5.74) is 12.1. The molecule has 0 aromatic carbocycles. The highest BCUT2D eigenvalue weighted by molar-refractivity contribution is 5.76. The lowest BCUT2D eigenvalue weighted by Crippen LogP contribution is -2.39. The van der Waals surface area contributed by atoms with E-state index in [0.717, 1.165) is 54.9 Å². The molecule has 0 spiro atoms. The van der Waals surface area contributed by atoms with Crippen molar-refractivity contribution < 1.29 is 0 Å². The van der Waals surface area contributed by atoms with Gasteiger partial charge in [0.25, 0.3) is 0 Å². The number of fused-ring (bicyclic) bond motifs is 6. The van der Waals surface area contributed by atoms with Crippen molar-refractivity contribution >= 4 is 11.3 Å². The zero-order valence-electron chi connectivity index (χ0n) is 21.3. The first-order chi connectivity index (χ1) is 18.8. The first-order valence-corrected chi connectivity index (χ1v) is 14.0. The summed E-state index contributed by atoms with van der Waals surface area (Å²) >= 11 is 0. The molecule has 4 heteroatoms. The molecule has 3 aromatic rings. The Morgan fingerprint density at radius 1 is 0.684 bits per heavy atom. The van der Waals surface area contributed by atoms with Gasteiger partial charge < -0.3 is 5.32 Å². The molecule has 0 radical (unpaired) electrons. The predicted octanol–water partition coefficient (Wildman–Crippen LogP) is 6.28. The van der Waals surface area contributed by atoms with Crippen LogP contribution in [-0.4, -0.2) is 21.0 Å². The average molecular weight is 495 g/mol. The van der Waals surface area contributed by atoms with Gasteiger partial charge in [0.2, 0.25) is 0 Å². The van der Waals surface area contributed by atoms with E-state index in [9.17, 15) is 0 Å². The van der Waals surface area contributed by atoms with Gasteiger partial charge in [0.05, 0.1) is 34.5 Å². The number of hydrogen-bond donors (Lipinski definition) is 1. The molecule has 4 atom stereocenters. The topological polar surface area (TPSA) is 50.7 Å². The Labute approximate surface area is 223 Å². The molecule has 5 aliphatic rings. The Morgan fingerprint density at radius 3 is 2.37 bits per heavy atom. The normalized spacial score (nSPS) is 26.4. The Balaban J connectivity index is 1.05. The van der Waals surface area contributed by atoms with E-state index in [2.05, 4.69) is 83.2 Å². The van der Waals surface area contributed by atoms with Gasteiger partial charge in [-0.1, -0.05) is 60.7 Å². The number of nitrogens with one attached hydrogen (secondary N) is 1. The summed E-state index contributed by atoms with van der Waals surface area (Å²) in [5.74, 6) is 1.36. The maximum Gasteiger partial charge on any atom is 0.0928 e. The molecule has 1 N–H and O–H groups in total. The summed E-state index contributed by atoms with van der Waals surface area (Å²) in [5, 5.41) is 3.88. The zero-order valence-corrected chi connectivity index (χ0v) is 21.3. The third kappa shape index (κ3) is 3.62. The van der Waals surface area contributed by atoms with E-state index in [0.29, 0.717) is 17.8 Å². The van der Waals surface area contributed by atoms with Gasteiger partial charge in [0.1, 0.15) is 0 Å². The average Bonchev–Trinajstić information content (AvgIpc) is 3.00. The summed E-state index contributed by atoms with van der Waals surface area (Å²) in [6.45, 7) is 0. The van der Waals surface area contributed by atoms with E-state index < -0.39 is 0 Å². The molecular weight excluding hydrogens is 464 g/mol. The van der Waals surface area contributed by atoms with Crippen LogP contribution in [0.3, 0.4) is 0 Å². The molecule has 4 unspecified atom stereocenters. The van der Waals surface area contributed by atoms with Crippen molar-refractivity contribution in [2.24, 2.45) is 17.8 Å². The quantitative estimate of drug-likeness (QED) is 0.426. The van der Waals surface area contributed by atoms with Crippen molar-refractivity contribution in [3.05, 3.63) is 125 Å². The van der Waals surface area contributed by atoms with Crippen molar-refractivity contribution in [1.82, 2.24) is 20.3 Å². The van der Waals surface area contributed by atoms with E-state index in [1.165, 1.54) is 33.5 Å². The molecule has 4 heterocycles. The van der Waals surface area contributed by atoms with Gasteiger partial charge in [-0.15, -0.1) is 0 Å². The molecule has 186 valence electrons. The minimum absolute atomic E-state index is 0.283. The molecule has 1 aliphatic heterocycles. The molecule has 0 fully saturated rings. The highest BCUT2D eigenvalue weighted by Gasteiger charge is 2.33. The molecule has 38 heavy (non-hydrogen) atoms. The molecule has 4 aliphatic carbocycles. The number of dihydropyridines is 1. The third-order valence-electron chi connectivity index (χ3n) is 8.95. The molecular formula is C34H30N4. The van der Waals surface area contributed by atoms with Crippen LogP contribution in [0.5, 0.6) is 0 Å². The summed E-state index contributed by atoms with van der Waals surface area (Å²) < 4.78 is 0. The van der Waals surface area contributed by atoms with Crippen LogP contribution in [-0.2, 0) is 19.3 Å². The van der Waals surface area contributed by atoms with Crippen molar-refractivity contribution in [2.45, 2.75) is 38.1 Å². The Kier molecular flexibility index (Phi) is 5.07. The van der Waals surface area contributed by atoms with Gasteiger partial charge in [-0.25, -0.2) is 4.98 Å². The number of pyridine rings is 3. The highest BCUT2D eigenvalue weighted by atomic mass is 15.0. The van der Waals surface area contributed by atoms with Crippen molar-refractivity contribution in [2.75, 3.05) is 0 Å². The Bertz CT molecular complexity index is 1600. The standard InChI is InChI=1S/C34H30N4/c1-3-22-7-9-24-13-15-29(37-33(24)31(22)35-17-1)26-11-5-21-6-12-27(20-28(21)19-26)30-16-14-25-10-8-23-4-2-18-36-32(23)34(25)38-30/h1-6,11-19,21,27-28,30,38H,7-10,20H2. The SMILES string of the molecule is C1=CC2C=CC(C3C=CC4=C(N3)c3ncccc3CC4)CC2C=C1c1ccc2c(n1)-c1ncccc1CC2. The highest BCUT2D eigenvalue weighted by Crippen LogP contribution is 2.40. The van der Waals surface area contributed by atoms with Gasteiger partial charge in [0.15, 0.2) is 0 Å². The fourth-order valence-corrected chi connectivity index (χ4v) is 6.89. The van der Waals surface area contributed by atoms with E-state index >= 15 is 0 Å². The van der Waals surface area contributed by atoms with Crippen molar-refractivity contribution in [3.8, 4) is 11.4 Å². The van der Waals surface area contributed by atoms with Crippen LogP contribution in [0.2, 0.25) is 0 Å². The smallest absolute Gasteiger partial charge is 0.0928 e. The minimum Gasteiger partial charge on any atom is -0.376 e. The molecule has 0 amide bonds. The lowest BCUT2D eigenvalue weighted by atomic mass is 9.72. The largest absolute Gasteiger partial charge is 0.376 e. The number of aromatic nitrogens is 3. The second-order valence-corrected chi connectivity index (χ2v) is 11.2. The second-order valence-electron chi connectivity index (χ2n) is 11.2. The molecule has 0 bridgehead atoms. The third-order valence-corrected chi connectivity index (χ3v) is 8.95. The molecule has 0 saturated carbocycles. The van der Waals surface area contributed by atoms with Crippen molar-refractivity contribution in [1.29, 1.82) is 0 Å². The first-order valence-electron chi connectivity index (χ1n) is 14.0. The minimum atomic E-state index is 0.283. The zero-order chi connectivity index (χ0) is 25.1. The number of rotatable bonds is 2. The molecule has 3 aromatic heterocycles. The number of aryl methyl sites for hydroxylation is 3. The number of nitrogens with zero attached hydrogens (tertiary/aromatic N) is 3. The van der Waals surface area contributed by atoms with Crippen LogP contribution >= 0.6 is 0 Å². The van der Waals surface area contributed by atoms with Gasteiger partial charge in [-0.05, 0) is 84.1 Å². The first kappa shape index (κ1) is 22.0. The lowest BCUT2D eigenvalue weighted by molar-refractivity contribution is 0.371. The summed E-state index contributed by atoms with van der Waals surface area (Å²) in [6, 6.07) is 13.2. The molecule has 4 nitrogen and oxygen atoms in total. The van der Waals surface area contributed by atoms with Gasteiger partial charge >= 0.3 is 0 Å². The molecule has 8 rings (SSSR count). The fourth-order valence-electron chi connectivity index (χ4n) is 6.89. The van der Waals surface area contributed by atoms with E-state index in [-0.39, 0.29) is 6.04 Å². The van der Waals surface area contributed by atoms with E-state index in [1.54, 1.807) is 0 Å². The monoisotopic (exact) mass is 494 g/mol. The number of hydrogen-bond acceptors (Lipinski definition) is 4. The Hall–Kier alpha value is -4.05. The van der Waals surface area contributed by atoms with Gasteiger partial charge in [-0.2, -0.15) is 0 Å². The maximum absolute atomic E-state index is 5.15. The summed E-state index contributed by atoms with van der Waals surface area (Å²) in [7, 11) is 0. The summed E-state index contributed by atoms with van der Waals surface area (Å²) in [4.78, 5) is 14.6. The van der Waals surface area contributed by atoms with Crippen LogP contribution in [0.1, 0.15) is 40.9 Å². The van der Waals surface area contributed by atoms with Crippen molar-refractivity contribution in [3.63, 3.8) is 0 Å². The van der Waals surface area contributed by atoms with Crippen LogP contribution in [0.15, 0.2) is 96.9 Å². The van der Waals surface area contributed by atoms with E-state index in [4.69, 9.17) is 9.97 Å². The maximum atomic E-state index is 5.15. The van der Waals surface area contributed by atoms with Crippen LogP contribution in [0.4, 0.5) is 0 Å². The predicted molar refractivity (Wildman–Crippen MR) is 152 cm³/mol. The lowest BCUT2D eigenvalue weighted by Gasteiger charge is -2.37. The summed E-state index contributed by atoms with van der Waals surface area (Å²) in [6.07, 6.45) is 25.8. The van der Waals surface area contributed by atoms with E-state index in [1.807, 2.05) is 18.5 Å². The van der Waals surface area contributed by atoms with Crippen LogP contribution < -0.4 is 5.32 Å². The van der Waals surface area contributed by atoms with Gasteiger partial charge in [-0.3, -0.25) is 9.97 Å². The second kappa shape index (κ2) is 8.76. The Morgan fingerprint density at radius 2 is 1.47 bits per heavy atom. The molecule has 0 saturated heterocycles.